The van der Waals surface area contributed by atoms with Crippen molar-refractivity contribution in [2.45, 2.75) is 39.8 Å². The Balaban J connectivity index is 2.61. The van der Waals surface area contributed by atoms with Crippen LogP contribution in [0.15, 0.2) is 24.3 Å². The Morgan fingerprint density at radius 3 is 2.61 bits per heavy atom. The zero-order valence-corrected chi connectivity index (χ0v) is 11.6. The van der Waals surface area contributed by atoms with Gasteiger partial charge in [-0.2, -0.15) is 5.26 Å². The molecular weight excluding hydrogens is 224 g/mol. The summed E-state index contributed by atoms with van der Waals surface area (Å²) in [5, 5.41) is 22.1. The molecule has 18 heavy (non-hydrogen) atoms. The van der Waals surface area contributed by atoms with Crippen LogP contribution >= 0.6 is 0 Å². The molecule has 0 aliphatic carbocycles. The Kier molecular flexibility index (Phi) is 4.89. The molecule has 0 saturated carbocycles. The number of aliphatic hydroxyl groups excluding tert-OH is 1. The van der Waals surface area contributed by atoms with Crippen molar-refractivity contribution in [1.82, 2.24) is 5.32 Å². The van der Waals surface area contributed by atoms with Gasteiger partial charge in [-0.05, 0) is 30.0 Å². The maximum atomic E-state index is 9.97. The molecule has 98 valence electrons. The summed E-state index contributed by atoms with van der Waals surface area (Å²) in [6.45, 7) is 8.62. The number of nitrogens with one attached hydrogen (secondary N) is 1. The third-order valence-corrected chi connectivity index (χ3v) is 3.13. The lowest BCUT2D eigenvalue weighted by molar-refractivity contribution is 0.0609. The molecule has 0 aliphatic rings. The first-order valence-electron chi connectivity index (χ1n) is 6.26. The first-order chi connectivity index (χ1) is 8.34. The van der Waals surface area contributed by atoms with E-state index in [9.17, 15) is 5.11 Å². The lowest BCUT2D eigenvalue weighted by Crippen LogP contribution is -2.37. The Bertz CT molecular complexity index is 429. The molecule has 0 amide bonds. The lowest BCUT2D eigenvalue weighted by atomic mass is 9.89. The van der Waals surface area contributed by atoms with Gasteiger partial charge in [0.15, 0.2) is 0 Å². The Hall–Kier alpha value is -1.37. The average Bonchev–Trinajstić information content (AvgIpc) is 2.34. The Labute approximate surface area is 109 Å². The van der Waals surface area contributed by atoms with Crippen molar-refractivity contribution < 1.29 is 5.11 Å². The lowest BCUT2D eigenvalue weighted by Gasteiger charge is -2.27. The minimum Gasteiger partial charge on any atom is -0.391 e. The van der Waals surface area contributed by atoms with Crippen molar-refractivity contribution in [3.05, 3.63) is 35.4 Å². The molecule has 1 aromatic carbocycles. The van der Waals surface area contributed by atoms with Crippen LogP contribution in [0, 0.1) is 16.7 Å². The van der Waals surface area contributed by atoms with Gasteiger partial charge in [0.25, 0.3) is 0 Å². The number of rotatable bonds is 4. The Morgan fingerprint density at radius 1 is 1.39 bits per heavy atom. The van der Waals surface area contributed by atoms with Crippen LogP contribution < -0.4 is 5.32 Å². The van der Waals surface area contributed by atoms with Gasteiger partial charge in [-0.25, -0.2) is 0 Å². The minimum absolute atomic E-state index is 0.121. The van der Waals surface area contributed by atoms with Crippen LogP contribution in [0.2, 0.25) is 0 Å². The molecule has 2 unspecified atom stereocenters. The van der Waals surface area contributed by atoms with Gasteiger partial charge in [0.2, 0.25) is 0 Å². The summed E-state index contributed by atoms with van der Waals surface area (Å²) in [4.78, 5) is 0. The summed E-state index contributed by atoms with van der Waals surface area (Å²) in [5.74, 6) is 0. The summed E-state index contributed by atoms with van der Waals surface area (Å²) in [6, 6.07) is 9.79. The van der Waals surface area contributed by atoms with Crippen molar-refractivity contribution in [1.29, 1.82) is 5.26 Å². The summed E-state index contributed by atoms with van der Waals surface area (Å²) in [6.07, 6.45) is -0.390. The fourth-order valence-electron chi connectivity index (χ4n) is 1.59. The van der Waals surface area contributed by atoms with Gasteiger partial charge in [0.1, 0.15) is 0 Å². The molecule has 0 fully saturated rings. The van der Waals surface area contributed by atoms with E-state index >= 15 is 0 Å². The van der Waals surface area contributed by atoms with E-state index in [0.717, 1.165) is 5.56 Å². The predicted octanol–water partition coefficient (Wildman–Crippen LogP) is 2.62. The van der Waals surface area contributed by atoms with Crippen LogP contribution in [0.4, 0.5) is 0 Å². The summed E-state index contributed by atoms with van der Waals surface area (Å²) >= 11 is 0. The topological polar surface area (TPSA) is 56.0 Å². The zero-order chi connectivity index (χ0) is 13.8. The maximum Gasteiger partial charge on any atom is 0.0991 e. The monoisotopic (exact) mass is 246 g/mol. The van der Waals surface area contributed by atoms with Crippen molar-refractivity contribution in [2.75, 3.05) is 6.54 Å². The van der Waals surface area contributed by atoms with E-state index in [1.165, 1.54) is 0 Å². The van der Waals surface area contributed by atoms with Crippen molar-refractivity contribution in [3.63, 3.8) is 0 Å². The summed E-state index contributed by atoms with van der Waals surface area (Å²) in [5.41, 5.74) is 1.61. The quantitative estimate of drug-likeness (QED) is 0.858. The SMILES string of the molecule is CC(NCC(O)C(C)(C)C)c1cccc(C#N)c1. The molecule has 0 saturated heterocycles. The first kappa shape index (κ1) is 14.7. The largest absolute Gasteiger partial charge is 0.391 e. The number of nitrogens with zero attached hydrogens (tertiary/aromatic N) is 1. The van der Waals surface area contributed by atoms with Gasteiger partial charge >= 0.3 is 0 Å². The highest BCUT2D eigenvalue weighted by Crippen LogP contribution is 2.20. The Morgan fingerprint density at radius 2 is 2.06 bits per heavy atom. The second-order valence-corrected chi connectivity index (χ2v) is 5.75. The molecule has 3 nitrogen and oxygen atoms in total. The standard InChI is InChI=1S/C15H22N2O/c1-11(17-10-14(18)15(2,3)4)13-7-5-6-12(8-13)9-16/h5-8,11,14,17-18H,10H2,1-4H3. The fraction of sp³-hybridized carbons (Fsp3) is 0.533. The molecule has 2 atom stereocenters. The van der Waals surface area contributed by atoms with Crippen molar-refractivity contribution in [2.24, 2.45) is 5.41 Å². The second kappa shape index (κ2) is 5.99. The highest BCUT2D eigenvalue weighted by Gasteiger charge is 2.22. The fourth-order valence-corrected chi connectivity index (χ4v) is 1.59. The van der Waals surface area contributed by atoms with E-state index in [1.54, 1.807) is 6.07 Å². The molecule has 0 aliphatic heterocycles. The summed E-state index contributed by atoms with van der Waals surface area (Å²) < 4.78 is 0. The smallest absolute Gasteiger partial charge is 0.0991 e. The molecule has 0 bridgehead atoms. The normalized spacial score (nSPS) is 14.9. The van der Waals surface area contributed by atoms with Crippen LogP contribution in [0.3, 0.4) is 0 Å². The highest BCUT2D eigenvalue weighted by molar-refractivity contribution is 5.34. The highest BCUT2D eigenvalue weighted by atomic mass is 16.3. The number of aliphatic hydroxyl groups is 1. The molecular formula is C15H22N2O. The zero-order valence-electron chi connectivity index (χ0n) is 11.6. The minimum atomic E-state index is -0.390. The van der Waals surface area contributed by atoms with Gasteiger partial charge in [-0.3, -0.25) is 0 Å². The predicted molar refractivity (Wildman–Crippen MR) is 73.0 cm³/mol. The third-order valence-electron chi connectivity index (χ3n) is 3.13. The molecule has 3 heteroatoms. The number of hydrogen-bond donors (Lipinski definition) is 2. The van der Waals surface area contributed by atoms with Crippen molar-refractivity contribution >= 4 is 0 Å². The van der Waals surface area contributed by atoms with E-state index in [0.29, 0.717) is 12.1 Å². The molecule has 2 N–H and O–H groups in total. The van der Waals surface area contributed by atoms with Crippen LogP contribution in [0.1, 0.15) is 44.9 Å². The number of hydrogen-bond acceptors (Lipinski definition) is 3. The van der Waals surface area contributed by atoms with E-state index in [-0.39, 0.29) is 17.6 Å². The number of nitriles is 1. The van der Waals surface area contributed by atoms with Crippen LogP contribution in [-0.2, 0) is 0 Å². The molecule has 0 heterocycles. The van der Waals surface area contributed by atoms with Crippen LogP contribution in [0.5, 0.6) is 0 Å². The second-order valence-electron chi connectivity index (χ2n) is 5.75. The third kappa shape index (κ3) is 4.14. The van der Waals surface area contributed by atoms with Gasteiger partial charge in [-0.15, -0.1) is 0 Å². The van der Waals surface area contributed by atoms with Gasteiger partial charge in [0, 0.05) is 12.6 Å². The van der Waals surface area contributed by atoms with E-state index in [4.69, 9.17) is 5.26 Å². The maximum absolute atomic E-state index is 9.97. The number of benzene rings is 1. The molecule has 0 spiro atoms. The molecule has 0 radical (unpaired) electrons. The molecule has 1 rings (SSSR count). The molecule has 1 aromatic rings. The van der Waals surface area contributed by atoms with Crippen molar-refractivity contribution in [3.8, 4) is 6.07 Å². The van der Waals surface area contributed by atoms with Gasteiger partial charge < -0.3 is 10.4 Å². The van der Waals surface area contributed by atoms with Gasteiger partial charge in [0.05, 0.1) is 17.7 Å². The van der Waals surface area contributed by atoms with Crippen LogP contribution in [0.25, 0.3) is 0 Å². The van der Waals surface area contributed by atoms with Crippen LogP contribution in [-0.4, -0.2) is 17.8 Å². The van der Waals surface area contributed by atoms with E-state index in [2.05, 4.69) is 11.4 Å². The first-order valence-corrected chi connectivity index (χ1v) is 6.26. The summed E-state index contributed by atoms with van der Waals surface area (Å²) in [7, 11) is 0. The molecule has 0 aromatic heterocycles. The van der Waals surface area contributed by atoms with E-state index < -0.39 is 0 Å². The average molecular weight is 246 g/mol. The van der Waals surface area contributed by atoms with E-state index in [1.807, 2.05) is 45.9 Å². The van der Waals surface area contributed by atoms with Gasteiger partial charge in [-0.1, -0.05) is 32.9 Å².